The Hall–Kier alpha value is -4.37. The number of hydrogen-bond acceptors (Lipinski definition) is 3. The Morgan fingerprint density at radius 1 is 0.976 bits per heavy atom. The van der Waals surface area contributed by atoms with E-state index >= 15 is 0 Å². The third kappa shape index (κ3) is 4.70. The Balaban J connectivity index is 0.00000401. The van der Waals surface area contributed by atoms with Gasteiger partial charge in [-0.3, -0.25) is 4.98 Å². The van der Waals surface area contributed by atoms with Crippen LogP contribution < -0.4 is 9.31 Å². The first kappa shape index (κ1) is 19.7. The van der Waals surface area contributed by atoms with Crippen LogP contribution in [-0.2, 0) is 26.5 Å². The first-order valence-corrected chi connectivity index (χ1v) is 12.7. The molecule has 1 aliphatic heterocycles. The van der Waals surface area contributed by atoms with E-state index in [-0.39, 0.29) is 49.3 Å². The average Bonchev–Trinajstić information content (AvgIpc) is 3.60. The van der Waals surface area contributed by atoms with Gasteiger partial charge in [0.05, 0.1) is 17.2 Å². The summed E-state index contributed by atoms with van der Waals surface area (Å²) in [5, 5.41) is 1.92. The predicted molar refractivity (Wildman–Crippen MR) is 158 cm³/mol. The maximum atomic E-state index is 8.54. The Morgan fingerprint density at radius 3 is 2.63 bits per heavy atom. The minimum Gasteiger partial charge on any atom is -0.509 e. The van der Waals surface area contributed by atoms with Crippen LogP contribution in [0.5, 0.6) is 11.5 Å². The van der Waals surface area contributed by atoms with Crippen molar-refractivity contribution in [2.45, 2.75) is 26.2 Å². The molecule has 202 valence electrons. The maximum absolute atomic E-state index is 8.54. The van der Waals surface area contributed by atoms with Crippen molar-refractivity contribution in [1.29, 1.82) is 0 Å². The second-order valence-corrected chi connectivity index (χ2v) is 10.4. The third-order valence-electron chi connectivity index (χ3n) is 6.80. The van der Waals surface area contributed by atoms with Gasteiger partial charge in [-0.1, -0.05) is 59.7 Å². The van der Waals surface area contributed by atoms with Crippen molar-refractivity contribution >= 4 is 44.9 Å². The van der Waals surface area contributed by atoms with E-state index in [1.807, 2.05) is 22.8 Å². The molecule has 0 spiro atoms. The summed E-state index contributed by atoms with van der Waals surface area (Å²) >= 11 is 0. The van der Waals surface area contributed by atoms with Crippen LogP contribution in [-0.4, -0.2) is 32.1 Å². The van der Waals surface area contributed by atoms with Crippen LogP contribution in [0.25, 0.3) is 27.6 Å². The van der Waals surface area contributed by atoms with Crippen molar-refractivity contribution in [1.82, 2.24) is 19.1 Å². The van der Waals surface area contributed by atoms with Crippen molar-refractivity contribution < 1.29 is 40.0 Å². The summed E-state index contributed by atoms with van der Waals surface area (Å²) in [7, 11) is 0. The molecular weight excluding hydrogens is 689 g/mol. The molecule has 6 aromatic rings. The first-order chi connectivity index (χ1) is 22.2. The van der Waals surface area contributed by atoms with E-state index in [2.05, 4.69) is 54.9 Å². The second-order valence-electron chi connectivity index (χ2n) is 10.4. The third-order valence-corrected chi connectivity index (χ3v) is 6.80. The van der Waals surface area contributed by atoms with Gasteiger partial charge in [0.15, 0.2) is 6.98 Å². The maximum Gasteiger partial charge on any atom is 2.00 e. The van der Waals surface area contributed by atoms with E-state index in [0.717, 1.165) is 37.8 Å². The van der Waals surface area contributed by atoms with E-state index in [9.17, 15) is 0 Å². The summed E-state index contributed by atoms with van der Waals surface area (Å²) in [6.07, 6.45) is 5.34. The van der Waals surface area contributed by atoms with Gasteiger partial charge in [0, 0.05) is 36.0 Å². The number of benzene rings is 3. The van der Waals surface area contributed by atoms with Gasteiger partial charge in [0.25, 0.3) is 11.4 Å². The molecule has 7 rings (SSSR count). The molecule has 0 saturated carbocycles. The molecule has 3 aromatic carbocycles. The number of hydrogen-bond donors (Lipinski definition) is 0. The summed E-state index contributed by atoms with van der Waals surface area (Å²) in [4.78, 5) is 9.06. The van der Waals surface area contributed by atoms with Crippen LogP contribution in [0.1, 0.15) is 35.9 Å². The Bertz CT molecular complexity index is 2360. The van der Waals surface area contributed by atoms with Crippen molar-refractivity contribution in [2.24, 2.45) is 0 Å². The topological polar surface area (TPSA) is 46.0 Å². The number of para-hydroxylation sites is 2. The molecule has 0 atom stereocenters. The van der Waals surface area contributed by atoms with E-state index in [1.54, 1.807) is 42.9 Å². The van der Waals surface area contributed by atoms with Gasteiger partial charge < -0.3 is 9.30 Å². The molecule has 0 aliphatic carbocycles. The Labute approximate surface area is 263 Å². The largest absolute Gasteiger partial charge is 2.00 e. The van der Waals surface area contributed by atoms with E-state index < -0.39 is 31.1 Å². The smallest absolute Gasteiger partial charge is 0.509 e. The molecule has 0 saturated heterocycles. The summed E-state index contributed by atoms with van der Waals surface area (Å²) in [5.74, 6) is 1.37. The van der Waals surface area contributed by atoms with Crippen LogP contribution in [0.2, 0.25) is 0 Å². The zero-order valence-corrected chi connectivity index (χ0v) is 24.6. The van der Waals surface area contributed by atoms with Gasteiger partial charge in [0.2, 0.25) is 0 Å². The van der Waals surface area contributed by atoms with Gasteiger partial charge in [-0.2, -0.15) is 12.1 Å². The molecule has 0 fully saturated rings. The Morgan fingerprint density at radius 2 is 1.80 bits per heavy atom. The fraction of sp³-hybridized carbons (Fsp3) is 0.147. The van der Waals surface area contributed by atoms with Gasteiger partial charge in [-0.25, -0.2) is 4.98 Å². The molecule has 41 heavy (non-hydrogen) atoms. The summed E-state index contributed by atoms with van der Waals surface area (Å²) in [6, 6.07) is 22.0. The van der Waals surface area contributed by atoms with Crippen molar-refractivity contribution in [3.05, 3.63) is 109 Å². The van der Waals surface area contributed by atoms with Crippen molar-refractivity contribution in [2.75, 3.05) is 6.98 Å². The molecule has 0 bridgehead atoms. The zero-order valence-electron chi connectivity index (χ0n) is 29.3. The molecular formula is C34H27N5OPt+2. The molecule has 1 aliphatic rings. The summed E-state index contributed by atoms with van der Waals surface area (Å²) < 4.78 is 67.4. The van der Waals surface area contributed by atoms with Crippen LogP contribution in [0.15, 0.2) is 91.3 Å². The van der Waals surface area contributed by atoms with E-state index in [0.29, 0.717) is 5.75 Å². The number of pyridine rings is 2. The minimum atomic E-state index is -2.75. The molecule has 0 amide bonds. The minimum absolute atomic E-state index is 0. The molecule has 0 N–H and O–H groups in total. The summed E-state index contributed by atoms with van der Waals surface area (Å²) in [5.41, 5.74) is 2.67. The number of ether oxygens (including phenoxy) is 1. The first-order valence-electron chi connectivity index (χ1n) is 16.2. The number of fused-ring (bicyclic) bond motifs is 4. The van der Waals surface area contributed by atoms with Gasteiger partial charge in [-0.05, 0) is 34.6 Å². The number of rotatable bonds is 4. The number of aromatic nitrogens is 3. The van der Waals surface area contributed by atoms with Crippen molar-refractivity contribution in [3.63, 3.8) is 0 Å². The summed E-state index contributed by atoms with van der Waals surface area (Å²) in [6.45, 7) is 3.69. The second kappa shape index (κ2) is 10.2. The van der Waals surface area contributed by atoms with Crippen LogP contribution in [0.3, 0.4) is 0 Å². The predicted octanol–water partition coefficient (Wildman–Crippen LogP) is 7.56. The van der Waals surface area contributed by atoms with Crippen molar-refractivity contribution in [3.8, 4) is 17.3 Å². The van der Waals surface area contributed by atoms with Crippen LogP contribution in [0.4, 0.5) is 17.1 Å². The van der Waals surface area contributed by atoms with Gasteiger partial charge in [-0.15, -0.1) is 23.6 Å². The quantitative estimate of drug-likeness (QED) is 0.140. The van der Waals surface area contributed by atoms with E-state index in [1.165, 1.54) is 4.58 Å². The zero-order chi connectivity index (χ0) is 33.4. The molecule has 7 heteroatoms. The fourth-order valence-corrected chi connectivity index (χ4v) is 4.82. The van der Waals surface area contributed by atoms with Gasteiger partial charge >= 0.3 is 27.1 Å². The SMILES string of the molecule is [2H]c1c([2H])c([2H])c2c(c1[2H])[N+](c1[c-]c(Oc3[c-]c4c(cc3)c3ccncc3n4-c3cc(C(C)(C)C)ccn3)ccc1)=C=[N+]2C([2H])([2H])[2H].[Pt+2]. The number of nitrogens with zero attached hydrogens (tertiary/aromatic N) is 5. The van der Waals surface area contributed by atoms with Crippen LogP contribution in [0, 0.1) is 12.1 Å². The molecule has 3 aromatic heterocycles. The Kier molecular flexibility index (Phi) is 4.91. The molecule has 6 nitrogen and oxygen atoms in total. The molecule has 0 radical (unpaired) electrons. The average molecular weight is 724 g/mol. The van der Waals surface area contributed by atoms with Crippen LogP contribution >= 0.6 is 0 Å². The standard InChI is InChI=1S/C34H27N5O.Pt/c1-34(2,3)23-14-17-36-33(18-23)39-31-20-26(12-13-27(31)28-15-16-35-21-32(28)39)40-25-9-7-8-24(19-25)38-22-37(4)29-10-5-6-11-30(29)38;/h5-18,21H,1-4H3;/q;+2/i4D3,5D,6D,10D,11D;. The molecule has 0 unspecified atom stereocenters. The monoisotopic (exact) mass is 723 g/mol. The molecule has 4 heterocycles. The fourth-order valence-electron chi connectivity index (χ4n) is 4.82. The normalized spacial score (nSPS) is 15.3. The van der Waals surface area contributed by atoms with Gasteiger partial charge in [0.1, 0.15) is 15.6 Å². The van der Waals surface area contributed by atoms with E-state index in [4.69, 9.17) is 14.3 Å².